The highest BCUT2D eigenvalue weighted by Gasteiger charge is 2.23. The third kappa shape index (κ3) is 3.99. The third-order valence-electron chi connectivity index (χ3n) is 5.41. The predicted octanol–water partition coefficient (Wildman–Crippen LogP) is 2.55. The van der Waals surface area contributed by atoms with Crippen molar-refractivity contribution >= 4 is 17.5 Å². The van der Waals surface area contributed by atoms with E-state index in [1.165, 1.54) is 5.56 Å². The lowest BCUT2D eigenvalue weighted by atomic mass is 9.99. The van der Waals surface area contributed by atoms with E-state index in [1.807, 2.05) is 24.3 Å². The highest BCUT2D eigenvalue weighted by atomic mass is 16.5. The van der Waals surface area contributed by atoms with Crippen LogP contribution in [0.3, 0.4) is 0 Å². The van der Waals surface area contributed by atoms with Gasteiger partial charge >= 0.3 is 0 Å². The molecule has 0 bridgehead atoms. The summed E-state index contributed by atoms with van der Waals surface area (Å²) in [6.07, 6.45) is 1.91. The topological polar surface area (TPSA) is 77.1 Å². The Balaban J connectivity index is 1.39. The van der Waals surface area contributed by atoms with Gasteiger partial charge < -0.3 is 24.4 Å². The van der Waals surface area contributed by atoms with E-state index < -0.39 is 0 Å². The number of fused-ring (bicyclic) bond motifs is 2. The van der Waals surface area contributed by atoms with Crippen LogP contribution in [0.15, 0.2) is 30.3 Å². The normalized spacial score (nSPS) is 15.1. The first-order chi connectivity index (χ1) is 14.1. The summed E-state index contributed by atoms with van der Waals surface area (Å²) in [5.74, 6) is 1.98. The van der Waals surface area contributed by atoms with E-state index in [2.05, 4.69) is 5.32 Å². The van der Waals surface area contributed by atoms with Crippen molar-refractivity contribution in [2.45, 2.75) is 25.8 Å². The summed E-state index contributed by atoms with van der Waals surface area (Å²) >= 11 is 0. The molecular formula is C22H24N2O5. The Bertz CT molecular complexity index is 956. The van der Waals surface area contributed by atoms with E-state index in [4.69, 9.17) is 14.2 Å². The number of nitrogens with one attached hydrogen (secondary N) is 1. The van der Waals surface area contributed by atoms with Crippen LogP contribution in [0.4, 0.5) is 5.69 Å². The van der Waals surface area contributed by atoms with Gasteiger partial charge in [-0.05, 0) is 59.9 Å². The molecule has 2 aromatic carbocycles. The van der Waals surface area contributed by atoms with Crippen LogP contribution in [-0.2, 0) is 29.0 Å². The lowest BCUT2D eigenvalue weighted by Gasteiger charge is -2.29. The Hall–Kier alpha value is -3.22. The molecule has 0 saturated carbocycles. The molecule has 2 aliphatic heterocycles. The maximum absolute atomic E-state index is 12.7. The smallest absolute Gasteiger partial charge is 0.260 e. The monoisotopic (exact) mass is 396 g/mol. The summed E-state index contributed by atoms with van der Waals surface area (Å²) < 4.78 is 16.5. The van der Waals surface area contributed by atoms with E-state index in [-0.39, 0.29) is 18.4 Å². The molecule has 0 fully saturated rings. The van der Waals surface area contributed by atoms with Gasteiger partial charge in [0.2, 0.25) is 5.91 Å². The molecule has 152 valence electrons. The van der Waals surface area contributed by atoms with Crippen molar-refractivity contribution < 1.29 is 23.8 Å². The van der Waals surface area contributed by atoms with E-state index >= 15 is 0 Å². The second-order valence-electron chi connectivity index (χ2n) is 7.20. The minimum atomic E-state index is -0.0588. The summed E-state index contributed by atoms with van der Waals surface area (Å²) in [4.78, 5) is 25.9. The van der Waals surface area contributed by atoms with Gasteiger partial charge in [0.25, 0.3) is 5.91 Å². The first kappa shape index (κ1) is 19.1. The van der Waals surface area contributed by atoms with Crippen LogP contribution in [0.1, 0.15) is 23.1 Å². The summed E-state index contributed by atoms with van der Waals surface area (Å²) in [6, 6.07) is 9.42. The molecule has 4 rings (SSSR count). The van der Waals surface area contributed by atoms with Gasteiger partial charge in [-0.2, -0.15) is 0 Å². The van der Waals surface area contributed by atoms with E-state index in [0.717, 1.165) is 23.2 Å². The number of ether oxygens (including phenoxy) is 3. The molecule has 0 aliphatic carbocycles. The number of aryl methyl sites for hydroxylation is 1. The third-order valence-corrected chi connectivity index (χ3v) is 5.41. The van der Waals surface area contributed by atoms with Crippen molar-refractivity contribution in [3.05, 3.63) is 47.0 Å². The van der Waals surface area contributed by atoms with Crippen molar-refractivity contribution in [2.75, 3.05) is 32.7 Å². The van der Waals surface area contributed by atoms with Crippen LogP contribution in [0.25, 0.3) is 0 Å². The Morgan fingerprint density at radius 3 is 2.52 bits per heavy atom. The lowest BCUT2D eigenvalue weighted by Crippen LogP contribution is -2.38. The fourth-order valence-electron chi connectivity index (χ4n) is 3.78. The van der Waals surface area contributed by atoms with Gasteiger partial charge in [-0.3, -0.25) is 9.59 Å². The second-order valence-corrected chi connectivity index (χ2v) is 7.20. The molecule has 2 aromatic rings. The molecule has 1 N–H and O–H groups in total. The summed E-state index contributed by atoms with van der Waals surface area (Å²) in [6.45, 7) is 1.14. The number of anilines is 1. The number of carbonyl (C=O) groups excluding carboxylic acids is 2. The van der Waals surface area contributed by atoms with Crippen LogP contribution in [-0.4, -0.2) is 44.1 Å². The van der Waals surface area contributed by atoms with E-state index in [9.17, 15) is 9.59 Å². The first-order valence-corrected chi connectivity index (χ1v) is 9.64. The molecule has 7 heteroatoms. The van der Waals surface area contributed by atoms with Crippen LogP contribution in [0, 0.1) is 0 Å². The predicted molar refractivity (Wildman–Crippen MR) is 108 cm³/mol. The van der Waals surface area contributed by atoms with Gasteiger partial charge in [-0.15, -0.1) is 0 Å². The maximum Gasteiger partial charge on any atom is 0.260 e. The largest absolute Gasteiger partial charge is 0.493 e. The molecule has 0 saturated heterocycles. The Morgan fingerprint density at radius 1 is 1.00 bits per heavy atom. The minimum Gasteiger partial charge on any atom is -0.493 e. The summed E-state index contributed by atoms with van der Waals surface area (Å²) in [5.41, 5.74) is 4.08. The van der Waals surface area contributed by atoms with Crippen LogP contribution >= 0.6 is 0 Å². The van der Waals surface area contributed by atoms with Crippen molar-refractivity contribution in [3.8, 4) is 17.2 Å². The molecule has 29 heavy (non-hydrogen) atoms. The highest BCUT2D eigenvalue weighted by Crippen LogP contribution is 2.33. The standard InChI is InChI=1S/C22H24N2O5/c1-27-19-10-14-7-8-24(12-16(14)11-20(19)28-2)22(26)13-29-17-4-5-18-15(9-17)3-6-21(25)23-18/h4-5,9-11H,3,6-8,12-13H2,1-2H3,(H,23,25). The average Bonchev–Trinajstić information content (AvgIpc) is 2.75. The molecule has 0 spiro atoms. The summed E-state index contributed by atoms with van der Waals surface area (Å²) in [7, 11) is 3.22. The van der Waals surface area contributed by atoms with E-state index in [0.29, 0.717) is 43.2 Å². The molecule has 2 heterocycles. The van der Waals surface area contributed by atoms with E-state index in [1.54, 1.807) is 25.2 Å². The first-order valence-electron chi connectivity index (χ1n) is 9.64. The summed E-state index contributed by atoms with van der Waals surface area (Å²) in [5, 5.41) is 2.84. The number of nitrogens with zero attached hydrogens (tertiary/aromatic N) is 1. The van der Waals surface area contributed by atoms with Crippen LogP contribution < -0.4 is 19.5 Å². The Labute approximate surface area is 169 Å². The quantitative estimate of drug-likeness (QED) is 0.841. The average molecular weight is 396 g/mol. The van der Waals surface area contributed by atoms with Crippen LogP contribution in [0.2, 0.25) is 0 Å². The van der Waals surface area contributed by atoms with Gasteiger partial charge in [-0.1, -0.05) is 0 Å². The number of rotatable bonds is 5. The lowest BCUT2D eigenvalue weighted by molar-refractivity contribution is -0.134. The fraction of sp³-hybridized carbons (Fsp3) is 0.364. The van der Waals surface area contributed by atoms with Crippen molar-refractivity contribution in [2.24, 2.45) is 0 Å². The number of methoxy groups -OCH3 is 2. The Kier molecular flexibility index (Phi) is 5.29. The number of carbonyl (C=O) groups is 2. The SMILES string of the molecule is COc1cc2c(cc1OC)CN(C(=O)COc1ccc3c(c1)CCC(=O)N3)CC2. The molecule has 0 aromatic heterocycles. The highest BCUT2D eigenvalue weighted by molar-refractivity contribution is 5.94. The second kappa shape index (κ2) is 8.03. The van der Waals surface area contributed by atoms with Crippen molar-refractivity contribution in [1.29, 1.82) is 0 Å². The van der Waals surface area contributed by atoms with Gasteiger partial charge in [0.1, 0.15) is 5.75 Å². The van der Waals surface area contributed by atoms with Gasteiger partial charge in [-0.25, -0.2) is 0 Å². The van der Waals surface area contributed by atoms with Gasteiger partial charge in [0, 0.05) is 25.2 Å². The zero-order valence-electron chi connectivity index (χ0n) is 16.6. The molecule has 0 unspecified atom stereocenters. The molecule has 0 radical (unpaired) electrons. The minimum absolute atomic E-state index is 0.0201. The van der Waals surface area contributed by atoms with Gasteiger partial charge in [0.05, 0.1) is 14.2 Å². The molecule has 2 aliphatic rings. The molecule has 7 nitrogen and oxygen atoms in total. The number of benzene rings is 2. The maximum atomic E-state index is 12.7. The van der Waals surface area contributed by atoms with Crippen molar-refractivity contribution in [1.82, 2.24) is 4.90 Å². The molecular weight excluding hydrogens is 372 g/mol. The zero-order chi connectivity index (χ0) is 20.4. The zero-order valence-corrected chi connectivity index (χ0v) is 16.6. The molecule has 2 amide bonds. The van der Waals surface area contributed by atoms with Crippen LogP contribution in [0.5, 0.6) is 17.2 Å². The number of hydrogen-bond donors (Lipinski definition) is 1. The fourth-order valence-corrected chi connectivity index (χ4v) is 3.78. The van der Waals surface area contributed by atoms with Gasteiger partial charge in [0.15, 0.2) is 18.1 Å². The number of hydrogen-bond acceptors (Lipinski definition) is 5. The molecule has 0 atom stereocenters. The number of amides is 2. The van der Waals surface area contributed by atoms with Crippen molar-refractivity contribution in [3.63, 3.8) is 0 Å². The Morgan fingerprint density at radius 2 is 1.76 bits per heavy atom.